The summed E-state index contributed by atoms with van der Waals surface area (Å²) < 4.78 is 1.78. The van der Waals surface area contributed by atoms with Gasteiger partial charge in [0.05, 0.1) is 11.8 Å². The molecule has 1 amide bonds. The molecular weight excluding hydrogens is 262 g/mol. The van der Waals surface area contributed by atoms with Crippen molar-refractivity contribution in [3.05, 3.63) is 40.3 Å². The van der Waals surface area contributed by atoms with Gasteiger partial charge >= 0.3 is 0 Å². The summed E-state index contributed by atoms with van der Waals surface area (Å²) >= 11 is 1.51. The SMILES string of the molecule is CCn1cc(N)cc1C(=O)NCC(O)c1ccsc1. The van der Waals surface area contributed by atoms with Gasteiger partial charge in [-0.05, 0) is 35.4 Å². The van der Waals surface area contributed by atoms with Crippen LogP contribution in [0.1, 0.15) is 29.1 Å². The van der Waals surface area contributed by atoms with Crippen molar-refractivity contribution in [3.8, 4) is 0 Å². The molecule has 0 aliphatic carbocycles. The standard InChI is InChI=1S/C13H17N3O2S/c1-2-16-7-10(14)5-11(16)13(18)15-6-12(17)9-3-4-19-8-9/h3-5,7-8,12,17H,2,6,14H2,1H3,(H,15,18). The summed E-state index contributed by atoms with van der Waals surface area (Å²) in [5, 5.41) is 16.4. The van der Waals surface area contributed by atoms with Crippen LogP contribution in [0.25, 0.3) is 0 Å². The van der Waals surface area contributed by atoms with Crippen molar-refractivity contribution < 1.29 is 9.90 Å². The van der Waals surface area contributed by atoms with E-state index in [9.17, 15) is 9.90 Å². The minimum atomic E-state index is -0.683. The van der Waals surface area contributed by atoms with Gasteiger partial charge in [-0.3, -0.25) is 4.79 Å². The van der Waals surface area contributed by atoms with Gasteiger partial charge in [0, 0.05) is 19.3 Å². The molecule has 4 N–H and O–H groups in total. The predicted molar refractivity (Wildman–Crippen MR) is 76.1 cm³/mol. The molecule has 1 unspecified atom stereocenters. The monoisotopic (exact) mass is 279 g/mol. The number of aryl methyl sites for hydroxylation is 1. The molecule has 0 saturated carbocycles. The minimum absolute atomic E-state index is 0.185. The largest absolute Gasteiger partial charge is 0.397 e. The molecule has 0 aliphatic heterocycles. The van der Waals surface area contributed by atoms with Gasteiger partial charge in [-0.1, -0.05) is 0 Å². The maximum absolute atomic E-state index is 12.0. The van der Waals surface area contributed by atoms with Gasteiger partial charge in [-0.15, -0.1) is 0 Å². The van der Waals surface area contributed by atoms with E-state index in [0.717, 1.165) is 5.56 Å². The van der Waals surface area contributed by atoms with Crippen LogP contribution >= 0.6 is 11.3 Å². The van der Waals surface area contributed by atoms with E-state index in [1.165, 1.54) is 11.3 Å². The third-order valence-corrected chi connectivity index (χ3v) is 3.58. The van der Waals surface area contributed by atoms with Gasteiger partial charge in [0.25, 0.3) is 5.91 Å². The number of amides is 1. The van der Waals surface area contributed by atoms with Crippen LogP contribution in [0.4, 0.5) is 5.69 Å². The van der Waals surface area contributed by atoms with Crippen LogP contribution in [0.15, 0.2) is 29.1 Å². The zero-order valence-corrected chi connectivity index (χ0v) is 11.5. The number of hydrogen-bond donors (Lipinski definition) is 3. The minimum Gasteiger partial charge on any atom is -0.397 e. The first kappa shape index (κ1) is 13.6. The maximum Gasteiger partial charge on any atom is 0.268 e. The van der Waals surface area contributed by atoms with Crippen molar-refractivity contribution >= 4 is 22.9 Å². The van der Waals surface area contributed by atoms with Crippen molar-refractivity contribution in [2.24, 2.45) is 0 Å². The third-order valence-electron chi connectivity index (χ3n) is 2.87. The molecule has 0 radical (unpaired) electrons. The summed E-state index contributed by atoms with van der Waals surface area (Å²) in [7, 11) is 0. The molecule has 6 heteroatoms. The highest BCUT2D eigenvalue weighted by Gasteiger charge is 2.14. The number of nitrogens with one attached hydrogen (secondary N) is 1. The first-order valence-electron chi connectivity index (χ1n) is 6.05. The van der Waals surface area contributed by atoms with Crippen LogP contribution in [-0.4, -0.2) is 22.1 Å². The molecule has 2 aromatic heterocycles. The molecule has 0 saturated heterocycles. The topological polar surface area (TPSA) is 80.3 Å². The zero-order valence-electron chi connectivity index (χ0n) is 10.7. The number of aliphatic hydroxyl groups is 1. The number of hydrogen-bond acceptors (Lipinski definition) is 4. The van der Waals surface area contributed by atoms with E-state index < -0.39 is 6.10 Å². The Morgan fingerprint density at radius 2 is 2.42 bits per heavy atom. The van der Waals surface area contributed by atoms with Gasteiger partial charge in [0.1, 0.15) is 5.69 Å². The van der Waals surface area contributed by atoms with E-state index in [1.807, 2.05) is 23.8 Å². The second-order valence-electron chi connectivity index (χ2n) is 4.23. The van der Waals surface area contributed by atoms with Gasteiger partial charge in [-0.25, -0.2) is 0 Å². The fraction of sp³-hybridized carbons (Fsp3) is 0.308. The molecule has 0 bridgehead atoms. The third kappa shape index (κ3) is 3.15. The molecular formula is C13H17N3O2S. The molecule has 2 heterocycles. The lowest BCUT2D eigenvalue weighted by Crippen LogP contribution is -2.29. The van der Waals surface area contributed by atoms with Crippen molar-refractivity contribution in [1.29, 1.82) is 0 Å². The number of nitrogens with two attached hydrogens (primary N) is 1. The number of nitrogen functional groups attached to an aromatic ring is 1. The normalized spacial score (nSPS) is 12.3. The zero-order chi connectivity index (χ0) is 13.8. The van der Waals surface area contributed by atoms with Crippen molar-refractivity contribution in [3.63, 3.8) is 0 Å². The van der Waals surface area contributed by atoms with E-state index in [2.05, 4.69) is 5.32 Å². The molecule has 2 rings (SSSR count). The number of anilines is 1. The lowest BCUT2D eigenvalue weighted by molar-refractivity contribution is 0.0907. The number of aromatic nitrogens is 1. The number of carbonyl (C=O) groups is 1. The smallest absolute Gasteiger partial charge is 0.268 e. The number of carbonyl (C=O) groups excluding carboxylic acids is 1. The summed E-state index contributed by atoms with van der Waals surface area (Å²) in [4.78, 5) is 12.0. The molecule has 2 aromatic rings. The van der Waals surface area contributed by atoms with Crippen LogP contribution in [-0.2, 0) is 6.54 Å². The molecule has 0 fully saturated rings. The summed E-state index contributed by atoms with van der Waals surface area (Å²) in [6, 6.07) is 3.48. The van der Waals surface area contributed by atoms with Crippen LogP contribution in [0, 0.1) is 0 Å². The summed E-state index contributed by atoms with van der Waals surface area (Å²) in [5.41, 5.74) is 7.56. The highest BCUT2D eigenvalue weighted by molar-refractivity contribution is 7.07. The van der Waals surface area contributed by atoms with Gasteiger partial charge in [-0.2, -0.15) is 11.3 Å². The predicted octanol–water partition coefficient (Wildman–Crippen LogP) is 1.62. The Morgan fingerprint density at radius 3 is 3.05 bits per heavy atom. The molecule has 0 aromatic carbocycles. The highest BCUT2D eigenvalue weighted by atomic mass is 32.1. The molecule has 0 aliphatic rings. The van der Waals surface area contributed by atoms with Crippen molar-refractivity contribution in [2.75, 3.05) is 12.3 Å². The average molecular weight is 279 g/mol. The first-order chi connectivity index (χ1) is 9.11. The molecule has 5 nitrogen and oxygen atoms in total. The molecule has 1 atom stereocenters. The quantitative estimate of drug-likeness (QED) is 0.778. The van der Waals surface area contributed by atoms with E-state index in [1.54, 1.807) is 16.8 Å². The van der Waals surface area contributed by atoms with Crippen LogP contribution in [0.3, 0.4) is 0 Å². The first-order valence-corrected chi connectivity index (χ1v) is 7.00. The lowest BCUT2D eigenvalue weighted by atomic mass is 10.2. The summed E-state index contributed by atoms with van der Waals surface area (Å²) in [6.07, 6.45) is 1.04. The Kier molecular flexibility index (Phi) is 4.24. The molecule has 0 spiro atoms. The number of aliphatic hydroxyl groups excluding tert-OH is 1. The molecule has 19 heavy (non-hydrogen) atoms. The Bertz CT molecular complexity index is 548. The molecule has 102 valence electrons. The lowest BCUT2D eigenvalue weighted by Gasteiger charge is -2.11. The second-order valence-corrected chi connectivity index (χ2v) is 5.01. The summed E-state index contributed by atoms with van der Waals surface area (Å²) in [6.45, 7) is 2.80. The van der Waals surface area contributed by atoms with Crippen LogP contribution < -0.4 is 11.1 Å². The Labute approximate surface area is 115 Å². The number of thiophene rings is 1. The second kappa shape index (κ2) is 5.90. The van der Waals surface area contributed by atoms with Crippen LogP contribution in [0.5, 0.6) is 0 Å². The highest BCUT2D eigenvalue weighted by Crippen LogP contribution is 2.16. The fourth-order valence-corrected chi connectivity index (χ4v) is 2.55. The fourth-order valence-electron chi connectivity index (χ4n) is 1.85. The van der Waals surface area contributed by atoms with Crippen molar-refractivity contribution in [2.45, 2.75) is 19.6 Å². The van der Waals surface area contributed by atoms with E-state index in [-0.39, 0.29) is 12.5 Å². The van der Waals surface area contributed by atoms with Gasteiger partial charge in [0.15, 0.2) is 0 Å². The van der Waals surface area contributed by atoms with E-state index in [4.69, 9.17) is 5.73 Å². The van der Waals surface area contributed by atoms with Gasteiger partial charge < -0.3 is 20.7 Å². The summed E-state index contributed by atoms with van der Waals surface area (Å²) in [5.74, 6) is -0.229. The van der Waals surface area contributed by atoms with Crippen molar-refractivity contribution in [1.82, 2.24) is 9.88 Å². The number of rotatable bonds is 5. The Morgan fingerprint density at radius 1 is 1.63 bits per heavy atom. The maximum atomic E-state index is 12.0. The van der Waals surface area contributed by atoms with Gasteiger partial charge in [0.2, 0.25) is 0 Å². The Hall–Kier alpha value is -1.79. The Balaban J connectivity index is 1.97. The van der Waals surface area contributed by atoms with E-state index >= 15 is 0 Å². The van der Waals surface area contributed by atoms with Crippen LogP contribution in [0.2, 0.25) is 0 Å². The van der Waals surface area contributed by atoms with E-state index in [0.29, 0.717) is 17.9 Å². The average Bonchev–Trinajstić information content (AvgIpc) is 3.04. The number of nitrogens with zero attached hydrogens (tertiary/aromatic N) is 1.